The van der Waals surface area contributed by atoms with Gasteiger partial charge in [-0.15, -0.1) is 11.3 Å². The molecule has 104 valence electrons. The van der Waals surface area contributed by atoms with E-state index in [0.717, 1.165) is 0 Å². The maximum Gasteiger partial charge on any atom is 0.389 e. The van der Waals surface area contributed by atoms with Gasteiger partial charge in [0.05, 0.1) is 0 Å². The van der Waals surface area contributed by atoms with Gasteiger partial charge in [-0.2, -0.15) is 13.2 Å². The normalized spacial score (nSPS) is 14.1. The molecule has 1 N–H and O–H groups in total. The highest BCUT2D eigenvalue weighted by molar-refractivity contribution is 7.10. The Morgan fingerprint density at radius 2 is 2.00 bits per heavy atom. The topological polar surface area (TPSA) is 12.0 Å². The maximum atomic E-state index is 12.0. The third-order valence-corrected chi connectivity index (χ3v) is 3.72. The van der Waals surface area contributed by atoms with Gasteiger partial charge in [-0.25, -0.2) is 0 Å². The molecule has 1 atom stereocenters. The van der Waals surface area contributed by atoms with Gasteiger partial charge in [0.1, 0.15) is 0 Å². The number of hydrogen-bond donors (Lipinski definition) is 1. The SMILES string of the molecule is CC(C)C(NCCCCC(F)(F)F)c1cccs1. The van der Waals surface area contributed by atoms with Gasteiger partial charge < -0.3 is 5.32 Å². The van der Waals surface area contributed by atoms with Crippen LogP contribution in [0, 0.1) is 5.92 Å². The zero-order chi connectivity index (χ0) is 13.6. The van der Waals surface area contributed by atoms with Crippen LogP contribution in [-0.4, -0.2) is 12.7 Å². The maximum absolute atomic E-state index is 12.0. The molecule has 0 saturated carbocycles. The highest BCUT2D eigenvalue weighted by atomic mass is 32.1. The van der Waals surface area contributed by atoms with Crippen molar-refractivity contribution in [1.82, 2.24) is 5.32 Å². The van der Waals surface area contributed by atoms with Gasteiger partial charge in [-0.05, 0) is 36.8 Å². The summed E-state index contributed by atoms with van der Waals surface area (Å²) in [5, 5.41) is 5.37. The van der Waals surface area contributed by atoms with Gasteiger partial charge in [0.15, 0.2) is 0 Å². The fourth-order valence-electron chi connectivity index (χ4n) is 1.84. The van der Waals surface area contributed by atoms with Crippen molar-refractivity contribution in [3.8, 4) is 0 Å². The van der Waals surface area contributed by atoms with Crippen molar-refractivity contribution in [2.75, 3.05) is 6.54 Å². The molecule has 0 bridgehead atoms. The van der Waals surface area contributed by atoms with Crippen molar-refractivity contribution in [2.24, 2.45) is 5.92 Å². The van der Waals surface area contributed by atoms with Crippen molar-refractivity contribution in [3.63, 3.8) is 0 Å². The van der Waals surface area contributed by atoms with Crippen LogP contribution >= 0.6 is 11.3 Å². The van der Waals surface area contributed by atoms with Crippen LogP contribution in [0.3, 0.4) is 0 Å². The molecule has 0 fully saturated rings. The van der Waals surface area contributed by atoms with Gasteiger partial charge >= 0.3 is 6.18 Å². The lowest BCUT2D eigenvalue weighted by Crippen LogP contribution is -2.26. The molecule has 5 heteroatoms. The summed E-state index contributed by atoms with van der Waals surface area (Å²) in [4.78, 5) is 1.25. The largest absolute Gasteiger partial charge is 0.389 e. The number of unbranched alkanes of at least 4 members (excludes halogenated alkanes) is 1. The minimum absolute atomic E-state index is 0.200. The van der Waals surface area contributed by atoms with Crippen LogP contribution in [0.4, 0.5) is 13.2 Å². The first-order valence-electron chi connectivity index (χ1n) is 6.23. The lowest BCUT2D eigenvalue weighted by molar-refractivity contribution is -0.135. The van der Waals surface area contributed by atoms with E-state index in [1.807, 2.05) is 11.4 Å². The summed E-state index contributed by atoms with van der Waals surface area (Å²) < 4.78 is 35.9. The second-order valence-corrected chi connectivity index (χ2v) is 5.74. The zero-order valence-electron chi connectivity index (χ0n) is 10.8. The van der Waals surface area contributed by atoms with Gasteiger partial charge in [0.2, 0.25) is 0 Å². The van der Waals surface area contributed by atoms with Crippen molar-refractivity contribution in [3.05, 3.63) is 22.4 Å². The second-order valence-electron chi connectivity index (χ2n) is 4.76. The standard InChI is InChI=1S/C13H20F3NS/c1-10(2)12(11-6-5-9-18-11)17-8-4-3-7-13(14,15)16/h5-6,9-10,12,17H,3-4,7-8H2,1-2H3. The Morgan fingerprint density at radius 3 is 2.50 bits per heavy atom. The summed E-state index contributed by atoms with van der Waals surface area (Å²) in [7, 11) is 0. The van der Waals surface area contributed by atoms with Crippen LogP contribution in [0.1, 0.15) is 44.0 Å². The third-order valence-electron chi connectivity index (χ3n) is 2.77. The van der Waals surface area contributed by atoms with E-state index in [9.17, 15) is 13.2 Å². The van der Waals surface area contributed by atoms with E-state index in [1.54, 1.807) is 11.3 Å². The summed E-state index contributed by atoms with van der Waals surface area (Å²) in [6.45, 7) is 4.87. The summed E-state index contributed by atoms with van der Waals surface area (Å²) in [5.41, 5.74) is 0. The van der Waals surface area contributed by atoms with Crippen molar-refractivity contribution in [1.29, 1.82) is 0 Å². The van der Waals surface area contributed by atoms with E-state index in [1.165, 1.54) is 4.88 Å². The minimum Gasteiger partial charge on any atom is -0.309 e. The predicted octanol–water partition coefficient (Wildman–Crippen LogP) is 4.77. The highest BCUT2D eigenvalue weighted by Gasteiger charge is 2.25. The molecular formula is C13H20F3NS. The zero-order valence-corrected chi connectivity index (χ0v) is 11.6. The van der Waals surface area contributed by atoms with Crippen LogP contribution < -0.4 is 5.32 Å². The number of halogens is 3. The number of thiophene rings is 1. The summed E-state index contributed by atoms with van der Waals surface area (Å²) >= 11 is 1.68. The molecule has 1 unspecified atom stereocenters. The molecule has 18 heavy (non-hydrogen) atoms. The lowest BCUT2D eigenvalue weighted by atomic mass is 10.0. The van der Waals surface area contributed by atoms with Gasteiger partial charge in [-0.3, -0.25) is 0 Å². The van der Waals surface area contributed by atoms with Gasteiger partial charge in [0.25, 0.3) is 0 Å². The van der Waals surface area contributed by atoms with Crippen LogP contribution in [-0.2, 0) is 0 Å². The average Bonchev–Trinajstić information content (AvgIpc) is 2.74. The second kappa shape index (κ2) is 7.14. The quantitative estimate of drug-likeness (QED) is 0.709. The Balaban J connectivity index is 2.28. The number of rotatable bonds is 7. The molecule has 1 aromatic rings. The summed E-state index contributed by atoms with van der Waals surface area (Å²) in [6.07, 6.45) is -3.94. The molecule has 0 radical (unpaired) electrons. The fraction of sp³-hybridized carbons (Fsp3) is 0.692. The van der Waals surface area contributed by atoms with Crippen LogP contribution in [0.25, 0.3) is 0 Å². The number of alkyl halides is 3. The number of hydrogen-bond acceptors (Lipinski definition) is 2. The molecule has 0 aliphatic heterocycles. The minimum atomic E-state index is -4.02. The molecule has 1 rings (SSSR count). The van der Waals surface area contributed by atoms with Crippen molar-refractivity contribution >= 4 is 11.3 Å². The first-order chi connectivity index (χ1) is 8.40. The van der Waals surface area contributed by atoms with E-state index >= 15 is 0 Å². The molecule has 1 heterocycles. The van der Waals surface area contributed by atoms with E-state index < -0.39 is 12.6 Å². The Morgan fingerprint density at radius 1 is 1.28 bits per heavy atom. The molecule has 0 amide bonds. The molecule has 0 spiro atoms. The van der Waals surface area contributed by atoms with E-state index in [2.05, 4.69) is 25.2 Å². The molecule has 0 aromatic carbocycles. The number of nitrogens with one attached hydrogen (secondary N) is 1. The lowest BCUT2D eigenvalue weighted by Gasteiger charge is -2.21. The molecule has 1 aromatic heterocycles. The van der Waals surface area contributed by atoms with Crippen LogP contribution in [0.15, 0.2) is 17.5 Å². The van der Waals surface area contributed by atoms with Crippen LogP contribution in [0.5, 0.6) is 0 Å². The third kappa shape index (κ3) is 5.87. The average molecular weight is 279 g/mol. The first-order valence-corrected chi connectivity index (χ1v) is 7.11. The highest BCUT2D eigenvalue weighted by Crippen LogP contribution is 2.26. The molecule has 0 saturated heterocycles. The summed E-state index contributed by atoms with van der Waals surface area (Å²) in [5.74, 6) is 0.436. The Bertz CT molecular complexity index is 319. The van der Waals surface area contributed by atoms with E-state index in [4.69, 9.17) is 0 Å². The molecule has 1 nitrogen and oxygen atoms in total. The van der Waals surface area contributed by atoms with E-state index in [0.29, 0.717) is 18.9 Å². The Kier molecular flexibility index (Phi) is 6.15. The predicted molar refractivity (Wildman–Crippen MR) is 69.8 cm³/mol. The van der Waals surface area contributed by atoms with Gasteiger partial charge in [0, 0.05) is 17.3 Å². The smallest absolute Gasteiger partial charge is 0.309 e. The molecule has 0 aliphatic carbocycles. The van der Waals surface area contributed by atoms with Crippen molar-refractivity contribution < 1.29 is 13.2 Å². The van der Waals surface area contributed by atoms with Crippen LogP contribution in [0.2, 0.25) is 0 Å². The van der Waals surface area contributed by atoms with Gasteiger partial charge in [-0.1, -0.05) is 19.9 Å². The molecular weight excluding hydrogens is 259 g/mol. The summed E-state index contributed by atoms with van der Waals surface area (Å²) in [6, 6.07) is 4.31. The molecule has 0 aliphatic rings. The Hall–Kier alpha value is -0.550. The van der Waals surface area contributed by atoms with Crippen molar-refractivity contribution in [2.45, 2.75) is 45.3 Å². The van der Waals surface area contributed by atoms with E-state index in [-0.39, 0.29) is 12.5 Å². The monoisotopic (exact) mass is 279 g/mol. The fourth-order valence-corrected chi connectivity index (χ4v) is 2.81. The Labute approximate surface area is 110 Å². The first kappa shape index (κ1) is 15.5.